The quantitative estimate of drug-likeness (QED) is 0.246. The van der Waals surface area contributed by atoms with Crippen LogP contribution in [0.25, 0.3) is 6.08 Å². The number of esters is 1. The van der Waals surface area contributed by atoms with Crippen LogP contribution in [0.4, 0.5) is 4.79 Å². The summed E-state index contributed by atoms with van der Waals surface area (Å²) in [4.78, 5) is 26.8. The minimum absolute atomic E-state index is 0.0713. The molecule has 2 aliphatic carbocycles. The molecule has 2 aliphatic rings. The molecule has 8 heteroatoms. The molecule has 0 saturated heterocycles. The zero-order valence-electron chi connectivity index (χ0n) is 24.2. The topological polar surface area (TPSA) is 104 Å². The van der Waals surface area contributed by atoms with E-state index in [0.29, 0.717) is 18.5 Å². The number of carbonyl (C=O) groups is 2. The van der Waals surface area contributed by atoms with Crippen molar-refractivity contribution in [2.45, 2.75) is 89.9 Å². The first-order valence-electron chi connectivity index (χ1n) is 14.1. The number of amides is 1. The maximum atomic E-state index is 13.5. The number of benzene rings is 1. The first-order chi connectivity index (χ1) is 18.6. The molecule has 0 heterocycles. The van der Waals surface area contributed by atoms with Crippen LogP contribution in [0.2, 0.25) is 0 Å². The molecule has 2 atom stereocenters. The molecule has 1 aromatic carbocycles. The van der Waals surface area contributed by atoms with Gasteiger partial charge in [-0.25, -0.2) is 4.79 Å². The Morgan fingerprint density at radius 1 is 1.10 bits per heavy atom. The first kappa shape index (κ1) is 30.4. The Kier molecular flexibility index (Phi) is 11.2. The van der Waals surface area contributed by atoms with E-state index >= 15 is 0 Å². The number of ether oxygens (including phenoxy) is 2. The summed E-state index contributed by atoms with van der Waals surface area (Å²) in [5, 5.41) is 14.1. The summed E-state index contributed by atoms with van der Waals surface area (Å²) in [6.45, 7) is 8.58. The second-order valence-corrected chi connectivity index (χ2v) is 11.5. The van der Waals surface area contributed by atoms with Gasteiger partial charge in [0.2, 0.25) is 0 Å². The molecule has 2 saturated carbocycles. The minimum Gasteiger partial charge on any atom is -0.468 e. The second kappa shape index (κ2) is 14.3. The van der Waals surface area contributed by atoms with Crippen LogP contribution in [0.5, 0.6) is 0 Å². The molecule has 1 amide bonds. The fourth-order valence-corrected chi connectivity index (χ4v) is 5.29. The molecular weight excluding hydrogens is 492 g/mol. The van der Waals surface area contributed by atoms with E-state index in [2.05, 4.69) is 57.5 Å². The fourth-order valence-electron chi connectivity index (χ4n) is 5.29. The van der Waals surface area contributed by atoms with Gasteiger partial charge in [0.1, 0.15) is 12.1 Å². The number of hydrogen-bond acceptors (Lipinski definition) is 7. The van der Waals surface area contributed by atoms with Crippen molar-refractivity contribution in [1.82, 2.24) is 15.5 Å². The summed E-state index contributed by atoms with van der Waals surface area (Å²) in [5.41, 5.74) is 2.81. The van der Waals surface area contributed by atoms with Gasteiger partial charge in [-0.15, -0.1) is 0 Å². The molecule has 8 nitrogen and oxygen atoms in total. The normalized spacial score (nSPS) is 23.5. The van der Waals surface area contributed by atoms with Gasteiger partial charge in [-0.2, -0.15) is 0 Å². The highest BCUT2D eigenvalue weighted by atomic mass is 16.6. The predicted molar refractivity (Wildman–Crippen MR) is 156 cm³/mol. The van der Waals surface area contributed by atoms with Gasteiger partial charge >= 0.3 is 12.1 Å². The maximum absolute atomic E-state index is 13.5. The monoisotopic (exact) mass is 538 g/mol. The third kappa shape index (κ3) is 9.53. The average molecular weight is 539 g/mol. The largest absolute Gasteiger partial charge is 0.468 e. The van der Waals surface area contributed by atoms with Crippen molar-refractivity contribution in [3.8, 4) is 0 Å². The Labute approximate surface area is 233 Å². The predicted octanol–water partition coefficient (Wildman–Crippen LogP) is 5.30. The molecule has 0 unspecified atom stereocenters. The minimum atomic E-state index is -0.538. The Bertz CT molecular complexity index is 1020. The SMILES string of the molecule is CC/C(=C\c1ccccc1)[C@@H]1C[C@H]1N(C(=O)OC(C)(C)C)C1CCC(NC/C(C=N)=C/NCC(=O)OC)CC1. The van der Waals surface area contributed by atoms with Crippen molar-refractivity contribution in [2.24, 2.45) is 5.92 Å². The summed E-state index contributed by atoms with van der Waals surface area (Å²) in [6, 6.07) is 11.0. The lowest BCUT2D eigenvalue weighted by Gasteiger charge is -2.38. The van der Waals surface area contributed by atoms with E-state index in [0.717, 1.165) is 44.1 Å². The standard InChI is InChI=1S/C31H46N4O4/c1-6-24(16-22-10-8-7-9-11-22)27-17-28(27)35(30(37)39-31(2,3)4)26-14-12-25(13-15-26)34-20-23(18-32)19-33-21-29(36)38-5/h7-11,16,18-19,25-28,32-34H,6,12-15,17,20-21H2,1-5H3/b23-19+,24-16+,32-18?/t25?,26?,27-,28+/m0/s1. The number of methoxy groups -OCH3 is 1. The third-order valence-corrected chi connectivity index (χ3v) is 7.39. The van der Waals surface area contributed by atoms with Gasteiger partial charge in [-0.05, 0) is 70.4 Å². The molecule has 0 aromatic heterocycles. The molecule has 214 valence electrons. The Hall–Kier alpha value is -3.13. The molecule has 3 N–H and O–H groups in total. The second-order valence-electron chi connectivity index (χ2n) is 11.5. The van der Waals surface area contributed by atoms with Gasteiger partial charge in [-0.3, -0.25) is 4.79 Å². The molecule has 0 bridgehead atoms. The highest BCUT2D eigenvalue weighted by Crippen LogP contribution is 2.46. The first-order valence-corrected chi connectivity index (χ1v) is 14.1. The van der Waals surface area contributed by atoms with Crippen LogP contribution in [0, 0.1) is 11.3 Å². The molecule has 1 aromatic rings. The van der Waals surface area contributed by atoms with E-state index in [-0.39, 0.29) is 30.7 Å². The summed E-state index contributed by atoms with van der Waals surface area (Å²) < 4.78 is 10.5. The van der Waals surface area contributed by atoms with Crippen molar-refractivity contribution < 1.29 is 19.1 Å². The van der Waals surface area contributed by atoms with E-state index in [1.165, 1.54) is 24.5 Å². The van der Waals surface area contributed by atoms with Gasteiger partial charge < -0.3 is 30.4 Å². The van der Waals surface area contributed by atoms with Crippen LogP contribution < -0.4 is 10.6 Å². The van der Waals surface area contributed by atoms with Crippen molar-refractivity contribution in [1.29, 1.82) is 5.41 Å². The van der Waals surface area contributed by atoms with Crippen LogP contribution in [-0.4, -0.2) is 67.1 Å². The van der Waals surface area contributed by atoms with E-state index in [1.54, 1.807) is 6.20 Å². The Morgan fingerprint density at radius 3 is 2.38 bits per heavy atom. The zero-order valence-corrected chi connectivity index (χ0v) is 24.2. The summed E-state index contributed by atoms with van der Waals surface area (Å²) in [6.07, 6.45) is 10.7. The maximum Gasteiger partial charge on any atom is 0.410 e. The van der Waals surface area contributed by atoms with Gasteiger partial charge in [0.05, 0.1) is 7.11 Å². The lowest BCUT2D eigenvalue weighted by molar-refractivity contribution is -0.139. The number of nitrogens with one attached hydrogen (secondary N) is 3. The van der Waals surface area contributed by atoms with E-state index in [4.69, 9.17) is 10.1 Å². The van der Waals surface area contributed by atoms with Gasteiger partial charge in [0.15, 0.2) is 0 Å². The van der Waals surface area contributed by atoms with Crippen LogP contribution in [-0.2, 0) is 14.3 Å². The van der Waals surface area contributed by atoms with Crippen LogP contribution in [0.15, 0.2) is 47.7 Å². The highest BCUT2D eigenvalue weighted by Gasteiger charge is 2.49. The van der Waals surface area contributed by atoms with Crippen LogP contribution >= 0.6 is 0 Å². The van der Waals surface area contributed by atoms with Gasteiger partial charge in [-0.1, -0.05) is 48.9 Å². The summed E-state index contributed by atoms with van der Waals surface area (Å²) in [7, 11) is 1.35. The fraction of sp³-hybridized carbons (Fsp3) is 0.581. The summed E-state index contributed by atoms with van der Waals surface area (Å²) in [5.74, 6) is 0.0206. The number of carbonyl (C=O) groups excluding carboxylic acids is 2. The van der Waals surface area contributed by atoms with E-state index < -0.39 is 5.60 Å². The van der Waals surface area contributed by atoms with E-state index in [1.807, 2.05) is 26.8 Å². The Morgan fingerprint density at radius 2 is 1.79 bits per heavy atom. The number of rotatable bonds is 12. The lowest BCUT2D eigenvalue weighted by Crippen LogP contribution is -2.48. The Balaban J connectivity index is 1.61. The van der Waals surface area contributed by atoms with Crippen molar-refractivity contribution in [2.75, 3.05) is 20.2 Å². The molecule has 0 aliphatic heterocycles. The lowest BCUT2D eigenvalue weighted by atomic mass is 9.89. The average Bonchev–Trinajstić information content (AvgIpc) is 3.69. The molecule has 39 heavy (non-hydrogen) atoms. The smallest absolute Gasteiger partial charge is 0.410 e. The van der Waals surface area contributed by atoms with Crippen LogP contribution in [0.3, 0.4) is 0 Å². The highest BCUT2D eigenvalue weighted by molar-refractivity contribution is 5.76. The third-order valence-electron chi connectivity index (χ3n) is 7.39. The molecule has 2 fully saturated rings. The molecule has 0 radical (unpaired) electrons. The van der Waals surface area contributed by atoms with Gasteiger partial charge in [0.25, 0.3) is 0 Å². The number of nitrogens with zero attached hydrogens (tertiary/aromatic N) is 1. The number of hydrogen-bond donors (Lipinski definition) is 3. The summed E-state index contributed by atoms with van der Waals surface area (Å²) >= 11 is 0. The molecular formula is C31H46N4O4. The van der Waals surface area contributed by atoms with Crippen molar-refractivity contribution >= 4 is 24.4 Å². The molecule has 0 spiro atoms. The zero-order chi connectivity index (χ0) is 28.4. The van der Waals surface area contributed by atoms with Crippen LogP contribution in [0.1, 0.15) is 71.8 Å². The van der Waals surface area contributed by atoms with E-state index in [9.17, 15) is 9.59 Å². The van der Waals surface area contributed by atoms with Crippen molar-refractivity contribution in [3.63, 3.8) is 0 Å². The molecule has 3 rings (SSSR count). The van der Waals surface area contributed by atoms with Gasteiger partial charge in [0, 0.05) is 43.0 Å². The van der Waals surface area contributed by atoms with Crippen molar-refractivity contribution in [3.05, 3.63) is 53.2 Å².